The van der Waals surface area contributed by atoms with E-state index >= 15 is 0 Å². The van der Waals surface area contributed by atoms with Gasteiger partial charge in [-0.1, -0.05) is 22.0 Å². The molecule has 1 aliphatic heterocycles. The molecule has 0 aliphatic carbocycles. The third-order valence-electron chi connectivity index (χ3n) is 3.55. The maximum atomic E-state index is 12.3. The molecule has 1 atom stereocenters. The second kappa shape index (κ2) is 6.73. The maximum absolute atomic E-state index is 12.3. The second-order valence-corrected chi connectivity index (χ2v) is 5.99. The van der Waals surface area contributed by atoms with Gasteiger partial charge in [0.1, 0.15) is 0 Å². The van der Waals surface area contributed by atoms with Crippen molar-refractivity contribution in [2.24, 2.45) is 0 Å². The third kappa shape index (κ3) is 3.94. The number of nitrogens with one attached hydrogen (secondary N) is 2. The smallest absolute Gasteiger partial charge is 0.244 e. The van der Waals surface area contributed by atoms with Crippen LogP contribution in [0.2, 0.25) is 0 Å². The Morgan fingerprint density at radius 3 is 2.74 bits per heavy atom. The molecule has 1 heterocycles. The molecule has 0 saturated carbocycles. The molecule has 1 fully saturated rings. The summed E-state index contributed by atoms with van der Waals surface area (Å²) >= 11 is 3.48. The number of halogens is 2. The Morgan fingerprint density at radius 2 is 2.16 bits per heavy atom. The molecule has 2 N–H and O–H groups in total. The predicted molar refractivity (Wildman–Crippen MR) is 85.0 cm³/mol. The van der Waals surface area contributed by atoms with E-state index in [1.807, 2.05) is 32.0 Å². The van der Waals surface area contributed by atoms with Gasteiger partial charge in [-0.3, -0.25) is 4.79 Å². The molecular formula is C14H20BrClN2O. The topological polar surface area (TPSA) is 41.1 Å². The highest BCUT2D eigenvalue weighted by Crippen LogP contribution is 2.24. The summed E-state index contributed by atoms with van der Waals surface area (Å²) in [5.41, 5.74) is 1.57. The zero-order valence-electron chi connectivity index (χ0n) is 11.3. The van der Waals surface area contributed by atoms with Gasteiger partial charge in [-0.05, 0) is 57.4 Å². The fourth-order valence-electron chi connectivity index (χ4n) is 2.19. The number of carbonyl (C=O) groups is 1. The normalized spacial score (nSPS) is 22.5. The lowest BCUT2D eigenvalue weighted by Gasteiger charge is -2.33. The first kappa shape index (κ1) is 16.5. The van der Waals surface area contributed by atoms with E-state index < -0.39 is 5.54 Å². The van der Waals surface area contributed by atoms with E-state index in [0.717, 1.165) is 41.5 Å². The zero-order chi connectivity index (χ0) is 13.2. The van der Waals surface area contributed by atoms with Crippen LogP contribution < -0.4 is 10.6 Å². The Kier molecular flexibility index (Phi) is 5.83. The number of rotatable bonds is 2. The first-order valence-corrected chi connectivity index (χ1v) is 7.13. The molecule has 1 aromatic rings. The van der Waals surface area contributed by atoms with Crippen molar-refractivity contribution in [3.8, 4) is 0 Å². The summed E-state index contributed by atoms with van der Waals surface area (Å²) in [6, 6.07) is 5.87. The summed E-state index contributed by atoms with van der Waals surface area (Å²) in [5.74, 6) is 0.0537. The molecule has 106 valence electrons. The van der Waals surface area contributed by atoms with Crippen LogP contribution in [0.4, 0.5) is 5.69 Å². The first-order valence-electron chi connectivity index (χ1n) is 6.34. The molecule has 0 aromatic heterocycles. The minimum absolute atomic E-state index is 0. The van der Waals surface area contributed by atoms with Gasteiger partial charge in [-0.25, -0.2) is 0 Å². The summed E-state index contributed by atoms with van der Waals surface area (Å²) in [5, 5.41) is 6.31. The number of anilines is 1. The number of benzene rings is 1. The van der Waals surface area contributed by atoms with Gasteiger partial charge in [0.15, 0.2) is 0 Å². The molecule has 2 rings (SSSR count). The van der Waals surface area contributed by atoms with Crippen LogP contribution in [0.15, 0.2) is 22.7 Å². The van der Waals surface area contributed by atoms with Crippen LogP contribution in [-0.4, -0.2) is 18.0 Å². The van der Waals surface area contributed by atoms with Crippen molar-refractivity contribution in [1.29, 1.82) is 0 Å². The second-order valence-electron chi connectivity index (χ2n) is 5.13. The summed E-state index contributed by atoms with van der Waals surface area (Å²) in [4.78, 5) is 12.3. The number of hydrogen-bond donors (Lipinski definition) is 2. The van der Waals surface area contributed by atoms with Gasteiger partial charge < -0.3 is 10.6 Å². The molecule has 3 nitrogen and oxygen atoms in total. The van der Waals surface area contributed by atoms with Crippen LogP contribution in [0, 0.1) is 6.92 Å². The summed E-state index contributed by atoms with van der Waals surface area (Å²) in [6.45, 7) is 4.92. The highest BCUT2D eigenvalue weighted by atomic mass is 79.9. The number of piperidine rings is 1. The average Bonchev–Trinajstić information content (AvgIpc) is 2.35. The Balaban J connectivity index is 0.00000180. The molecule has 1 unspecified atom stereocenters. The number of amides is 1. The van der Waals surface area contributed by atoms with Crippen LogP contribution in [0.1, 0.15) is 31.7 Å². The Labute approximate surface area is 129 Å². The quantitative estimate of drug-likeness (QED) is 0.857. The molecule has 1 amide bonds. The van der Waals surface area contributed by atoms with E-state index in [2.05, 4.69) is 26.6 Å². The van der Waals surface area contributed by atoms with E-state index in [-0.39, 0.29) is 18.3 Å². The van der Waals surface area contributed by atoms with Crippen molar-refractivity contribution in [1.82, 2.24) is 5.32 Å². The summed E-state index contributed by atoms with van der Waals surface area (Å²) < 4.78 is 1.02. The van der Waals surface area contributed by atoms with E-state index in [4.69, 9.17) is 0 Å². The highest BCUT2D eigenvalue weighted by Gasteiger charge is 2.34. The third-order valence-corrected chi connectivity index (χ3v) is 4.40. The van der Waals surface area contributed by atoms with Crippen LogP contribution in [0.25, 0.3) is 0 Å². The highest BCUT2D eigenvalue weighted by molar-refractivity contribution is 9.10. The van der Waals surface area contributed by atoms with Crippen LogP contribution in [-0.2, 0) is 4.79 Å². The molecule has 1 aromatic carbocycles. The fraction of sp³-hybridized carbons (Fsp3) is 0.500. The lowest BCUT2D eigenvalue weighted by atomic mass is 9.90. The van der Waals surface area contributed by atoms with Crippen molar-refractivity contribution in [3.05, 3.63) is 28.2 Å². The molecule has 0 spiro atoms. The van der Waals surface area contributed by atoms with Crippen molar-refractivity contribution in [2.75, 3.05) is 11.9 Å². The monoisotopic (exact) mass is 346 g/mol. The number of hydrogen-bond acceptors (Lipinski definition) is 2. The Morgan fingerprint density at radius 1 is 1.42 bits per heavy atom. The molecular weight excluding hydrogens is 328 g/mol. The summed E-state index contributed by atoms with van der Waals surface area (Å²) in [6.07, 6.45) is 3.15. The molecule has 19 heavy (non-hydrogen) atoms. The average molecular weight is 348 g/mol. The van der Waals surface area contributed by atoms with Gasteiger partial charge in [0, 0.05) is 10.2 Å². The van der Waals surface area contributed by atoms with Gasteiger partial charge in [-0.15, -0.1) is 12.4 Å². The lowest BCUT2D eigenvalue weighted by Crippen LogP contribution is -2.54. The van der Waals surface area contributed by atoms with Crippen molar-refractivity contribution >= 4 is 39.9 Å². The van der Waals surface area contributed by atoms with E-state index in [0.29, 0.717) is 0 Å². The maximum Gasteiger partial charge on any atom is 0.244 e. The number of carbonyl (C=O) groups excluding carboxylic acids is 1. The lowest BCUT2D eigenvalue weighted by molar-refractivity contribution is -0.122. The standard InChI is InChI=1S/C14H19BrN2O.ClH/c1-10-5-6-11(9-12(10)15)17-13(18)14(2)7-3-4-8-16-14;/h5-6,9,16H,3-4,7-8H2,1-2H3,(H,17,18);1H. The Bertz CT molecular complexity index is 459. The van der Waals surface area contributed by atoms with Gasteiger partial charge in [-0.2, -0.15) is 0 Å². The first-order chi connectivity index (χ1) is 8.51. The van der Waals surface area contributed by atoms with Gasteiger partial charge >= 0.3 is 0 Å². The molecule has 5 heteroatoms. The Hall–Kier alpha value is -0.580. The van der Waals surface area contributed by atoms with Gasteiger partial charge in [0.05, 0.1) is 5.54 Å². The number of aryl methyl sites for hydroxylation is 1. The molecule has 1 aliphatic rings. The van der Waals surface area contributed by atoms with E-state index in [9.17, 15) is 4.79 Å². The fourth-order valence-corrected chi connectivity index (χ4v) is 2.57. The predicted octanol–water partition coefficient (Wildman–Crippen LogP) is 3.65. The van der Waals surface area contributed by atoms with Gasteiger partial charge in [0.25, 0.3) is 0 Å². The van der Waals surface area contributed by atoms with Crippen LogP contribution >= 0.6 is 28.3 Å². The largest absolute Gasteiger partial charge is 0.324 e. The van der Waals surface area contributed by atoms with Crippen molar-refractivity contribution < 1.29 is 4.79 Å². The van der Waals surface area contributed by atoms with Gasteiger partial charge in [0.2, 0.25) is 5.91 Å². The minimum Gasteiger partial charge on any atom is -0.324 e. The zero-order valence-corrected chi connectivity index (χ0v) is 13.7. The summed E-state index contributed by atoms with van der Waals surface area (Å²) in [7, 11) is 0. The van der Waals surface area contributed by atoms with Crippen LogP contribution in [0.3, 0.4) is 0 Å². The van der Waals surface area contributed by atoms with E-state index in [1.54, 1.807) is 0 Å². The van der Waals surface area contributed by atoms with Crippen LogP contribution in [0.5, 0.6) is 0 Å². The SMILES string of the molecule is Cc1ccc(NC(=O)C2(C)CCCCN2)cc1Br.Cl. The van der Waals surface area contributed by atoms with Crippen molar-refractivity contribution in [3.63, 3.8) is 0 Å². The molecule has 0 bridgehead atoms. The minimum atomic E-state index is -0.435. The van der Waals surface area contributed by atoms with E-state index in [1.165, 1.54) is 0 Å². The molecule has 1 saturated heterocycles. The van der Waals surface area contributed by atoms with Crippen molar-refractivity contribution in [2.45, 2.75) is 38.6 Å². The molecule has 0 radical (unpaired) electrons.